The van der Waals surface area contributed by atoms with E-state index in [1.807, 2.05) is 6.07 Å². The first kappa shape index (κ1) is 13.4. The summed E-state index contributed by atoms with van der Waals surface area (Å²) >= 11 is 3.75. The van der Waals surface area contributed by atoms with Crippen molar-refractivity contribution in [3.63, 3.8) is 0 Å². The molecule has 0 unspecified atom stereocenters. The second kappa shape index (κ2) is 5.20. The van der Waals surface area contributed by atoms with E-state index in [4.69, 9.17) is 10.7 Å². The second-order valence-electron chi connectivity index (χ2n) is 5.22. The third kappa shape index (κ3) is 2.31. The predicted octanol–water partition coefficient (Wildman–Crippen LogP) is 2.97. The van der Waals surface area contributed by atoms with E-state index in [1.54, 1.807) is 16.8 Å². The molecule has 3 aromatic heterocycles. The molecule has 4 rings (SSSR count). The number of anilines is 1. The molecule has 2 N–H and O–H groups in total. The van der Waals surface area contributed by atoms with E-state index in [0.29, 0.717) is 26.1 Å². The van der Waals surface area contributed by atoms with E-state index in [9.17, 15) is 0 Å². The summed E-state index contributed by atoms with van der Waals surface area (Å²) in [6, 6.07) is 1.98. The van der Waals surface area contributed by atoms with Crippen LogP contribution in [0.15, 0.2) is 22.9 Å². The van der Waals surface area contributed by atoms with Crippen LogP contribution in [0.4, 0.5) is 5.82 Å². The van der Waals surface area contributed by atoms with Crippen LogP contribution in [0.1, 0.15) is 22.8 Å². The average molecular weight is 408 g/mol. The van der Waals surface area contributed by atoms with E-state index in [2.05, 4.69) is 25.9 Å². The van der Waals surface area contributed by atoms with Crippen LogP contribution in [0, 0.1) is 0 Å². The predicted molar refractivity (Wildman–Crippen MR) is 88.5 cm³/mol. The number of halogens is 1. The maximum absolute atomic E-state index is 6.25. The van der Waals surface area contributed by atoms with Gasteiger partial charge in [-0.25, -0.2) is 0 Å². The molecular formula is C15H13BrN4Se. The van der Waals surface area contributed by atoms with Crippen LogP contribution >= 0.6 is 15.9 Å². The first-order valence-corrected chi connectivity index (χ1v) is 9.41. The quantitative estimate of drug-likeness (QED) is 0.629. The summed E-state index contributed by atoms with van der Waals surface area (Å²) in [5.74, 6) is 1.31. The summed E-state index contributed by atoms with van der Waals surface area (Å²) < 4.78 is 3.65. The number of aromatic nitrogens is 3. The van der Waals surface area contributed by atoms with Gasteiger partial charge in [0.2, 0.25) is 0 Å². The fourth-order valence-corrected chi connectivity index (χ4v) is 5.88. The van der Waals surface area contributed by atoms with Gasteiger partial charge >= 0.3 is 137 Å². The Kier molecular flexibility index (Phi) is 3.32. The number of rotatable bonds is 1. The Morgan fingerprint density at radius 3 is 2.86 bits per heavy atom. The van der Waals surface area contributed by atoms with Crippen LogP contribution in [-0.4, -0.2) is 29.5 Å². The molecule has 1 aliphatic carbocycles. The van der Waals surface area contributed by atoms with Gasteiger partial charge in [0.05, 0.1) is 0 Å². The van der Waals surface area contributed by atoms with Gasteiger partial charge in [-0.1, -0.05) is 0 Å². The summed E-state index contributed by atoms with van der Waals surface area (Å²) in [7, 11) is 0. The number of hydrogen-bond acceptors (Lipinski definition) is 4. The van der Waals surface area contributed by atoms with Gasteiger partial charge in [0.25, 0.3) is 0 Å². The zero-order valence-electron chi connectivity index (χ0n) is 11.3. The van der Waals surface area contributed by atoms with Gasteiger partial charge in [0.1, 0.15) is 0 Å². The molecule has 0 spiro atoms. The Labute approximate surface area is 136 Å². The van der Waals surface area contributed by atoms with Gasteiger partial charge in [-0.15, -0.1) is 0 Å². The topological polar surface area (TPSA) is 64.7 Å². The number of nitrogens with zero attached hydrogens (tertiary/aromatic N) is 3. The molecule has 1 aliphatic rings. The number of fused-ring (bicyclic) bond motifs is 3. The monoisotopic (exact) mass is 408 g/mol. The van der Waals surface area contributed by atoms with Crippen LogP contribution in [0.25, 0.3) is 21.2 Å². The Hall–Kier alpha value is -1.23. The van der Waals surface area contributed by atoms with Crippen molar-refractivity contribution in [3.8, 4) is 11.4 Å². The molecule has 3 heterocycles. The van der Waals surface area contributed by atoms with Crippen LogP contribution in [-0.2, 0) is 12.8 Å². The van der Waals surface area contributed by atoms with E-state index in [1.165, 1.54) is 24.8 Å². The number of pyridine rings is 1. The van der Waals surface area contributed by atoms with Crippen molar-refractivity contribution >= 4 is 46.0 Å². The van der Waals surface area contributed by atoms with Crippen molar-refractivity contribution < 1.29 is 0 Å². The van der Waals surface area contributed by atoms with Gasteiger partial charge in [-0.3, -0.25) is 0 Å². The molecule has 6 heteroatoms. The van der Waals surface area contributed by atoms with Crippen LogP contribution < -0.4 is 5.73 Å². The van der Waals surface area contributed by atoms with Gasteiger partial charge in [-0.2, -0.15) is 0 Å². The zero-order chi connectivity index (χ0) is 14.4. The average Bonchev–Trinajstić information content (AvgIpc) is 2.86. The van der Waals surface area contributed by atoms with Crippen molar-refractivity contribution in [2.24, 2.45) is 0 Å². The summed E-state index contributed by atoms with van der Waals surface area (Å²) in [6.45, 7) is 0. The third-order valence-electron chi connectivity index (χ3n) is 3.81. The van der Waals surface area contributed by atoms with Crippen molar-refractivity contribution in [2.75, 3.05) is 5.73 Å². The summed E-state index contributed by atoms with van der Waals surface area (Å²) in [4.78, 5) is 13.5. The number of aryl methyl sites for hydroxylation is 2. The van der Waals surface area contributed by atoms with Crippen LogP contribution in [0.2, 0.25) is 0 Å². The normalized spacial score (nSPS) is 14.3. The first-order chi connectivity index (χ1) is 10.2. The van der Waals surface area contributed by atoms with Gasteiger partial charge < -0.3 is 0 Å². The van der Waals surface area contributed by atoms with Crippen molar-refractivity contribution in [2.45, 2.75) is 25.7 Å². The molecular weight excluding hydrogens is 395 g/mol. The minimum absolute atomic E-state index is 0.316. The molecule has 4 nitrogen and oxygen atoms in total. The molecule has 0 saturated carbocycles. The van der Waals surface area contributed by atoms with Crippen LogP contribution in [0.5, 0.6) is 0 Å². The molecule has 0 bridgehead atoms. The number of nitrogens with two attached hydrogens (primary N) is 1. The number of nitrogen functional groups attached to an aromatic ring is 1. The van der Waals surface area contributed by atoms with Gasteiger partial charge in [-0.05, 0) is 0 Å². The van der Waals surface area contributed by atoms with Crippen LogP contribution in [0.3, 0.4) is 0 Å². The van der Waals surface area contributed by atoms with E-state index in [-0.39, 0.29) is 0 Å². The summed E-state index contributed by atoms with van der Waals surface area (Å²) in [5, 5.41) is 1.14. The Morgan fingerprint density at radius 1 is 1.14 bits per heavy atom. The molecule has 0 aromatic carbocycles. The fourth-order valence-electron chi connectivity index (χ4n) is 2.85. The first-order valence-electron chi connectivity index (χ1n) is 6.91. The van der Waals surface area contributed by atoms with Crippen molar-refractivity contribution in [3.05, 3.63) is 32.9 Å². The SMILES string of the molecule is Nc1nc(-c2cncc(Br)c2)nc2[se]c3c(c12)CCCC3. The van der Waals surface area contributed by atoms with Gasteiger partial charge in [0.15, 0.2) is 0 Å². The molecule has 106 valence electrons. The Balaban J connectivity index is 1.93. The van der Waals surface area contributed by atoms with E-state index in [0.717, 1.165) is 26.2 Å². The van der Waals surface area contributed by atoms with E-state index >= 15 is 0 Å². The van der Waals surface area contributed by atoms with E-state index < -0.39 is 0 Å². The maximum atomic E-state index is 6.25. The Morgan fingerprint density at radius 2 is 2.00 bits per heavy atom. The zero-order valence-corrected chi connectivity index (χ0v) is 14.6. The minimum atomic E-state index is 0.316. The summed E-state index contributed by atoms with van der Waals surface area (Å²) in [6.07, 6.45) is 8.43. The third-order valence-corrected chi connectivity index (χ3v) is 6.73. The van der Waals surface area contributed by atoms with Crippen molar-refractivity contribution in [1.82, 2.24) is 15.0 Å². The molecule has 21 heavy (non-hydrogen) atoms. The molecule has 3 aromatic rings. The molecule has 0 atom stereocenters. The molecule has 0 saturated heterocycles. The molecule has 0 radical (unpaired) electrons. The standard InChI is InChI=1S/C15H13BrN4Se/c16-9-5-8(6-18-7-9)14-19-13(17)12-10-3-1-2-4-11(10)21-15(12)20-14/h5-7H,1-4H2,(H2,17,19,20). The molecule has 0 amide bonds. The van der Waals surface area contributed by atoms with Gasteiger partial charge in [0, 0.05) is 0 Å². The fraction of sp³-hybridized carbons (Fsp3) is 0.267. The van der Waals surface area contributed by atoms with Crippen molar-refractivity contribution in [1.29, 1.82) is 0 Å². The Bertz CT molecular complexity index is 843. The summed E-state index contributed by atoms with van der Waals surface area (Å²) in [5.41, 5.74) is 8.59. The number of hydrogen-bond donors (Lipinski definition) is 1. The molecule has 0 aliphatic heterocycles. The second-order valence-corrected chi connectivity index (χ2v) is 8.40. The molecule has 0 fully saturated rings.